The number of halogens is 1. The number of hydrogen-bond acceptors (Lipinski definition) is 3. The smallest absolute Gasteiger partial charge is 0.254 e. The number of hydrogen-bond donors (Lipinski definition) is 0. The zero-order chi connectivity index (χ0) is 18.8. The van der Waals surface area contributed by atoms with Gasteiger partial charge in [0.25, 0.3) is 5.91 Å². The van der Waals surface area contributed by atoms with Crippen LogP contribution in [0.1, 0.15) is 34.4 Å². The van der Waals surface area contributed by atoms with Gasteiger partial charge in [0.05, 0.1) is 11.4 Å². The Balaban J connectivity index is 1.73. The highest BCUT2D eigenvalue weighted by atomic mass is 35.5. The minimum Gasteiger partial charge on any atom is -0.334 e. The molecule has 1 aromatic heterocycles. The fourth-order valence-corrected chi connectivity index (χ4v) is 3.53. The van der Waals surface area contributed by atoms with E-state index < -0.39 is 0 Å². The number of carbonyl (C=O) groups is 1. The molecule has 0 aliphatic carbocycles. The number of amides is 1. The Hall–Kier alpha value is -2.72. The molecule has 0 saturated carbocycles. The highest BCUT2D eigenvalue weighted by Gasteiger charge is 2.26. The van der Waals surface area contributed by atoms with Crippen LogP contribution in [0, 0.1) is 0 Å². The molecule has 0 atom stereocenters. The molecule has 2 heterocycles. The summed E-state index contributed by atoms with van der Waals surface area (Å²) in [5, 5.41) is 0.693. The summed E-state index contributed by atoms with van der Waals surface area (Å²) in [7, 11) is 0. The number of benzene rings is 2. The molecular weight excluding hydrogens is 358 g/mol. The lowest BCUT2D eigenvalue weighted by Crippen LogP contribution is -2.37. The molecule has 1 amide bonds. The standard InChI is InChI=1S/C22H20ClN3O/c1-2-20-24-19-12-13-26(22(27)16-6-4-3-5-7-16)14-18(19)21(25-20)15-8-10-17(23)11-9-15/h3-11H,2,12-14H2,1H3. The van der Waals surface area contributed by atoms with Gasteiger partial charge in [-0.05, 0) is 24.3 Å². The highest BCUT2D eigenvalue weighted by molar-refractivity contribution is 6.30. The second kappa shape index (κ2) is 7.49. The van der Waals surface area contributed by atoms with Crippen molar-refractivity contribution < 1.29 is 4.79 Å². The molecule has 0 radical (unpaired) electrons. The van der Waals surface area contributed by atoms with E-state index in [0.717, 1.165) is 41.2 Å². The van der Waals surface area contributed by atoms with Crippen molar-refractivity contribution in [3.63, 3.8) is 0 Å². The Labute approximate surface area is 163 Å². The van der Waals surface area contributed by atoms with Gasteiger partial charge in [-0.3, -0.25) is 4.79 Å². The summed E-state index contributed by atoms with van der Waals surface area (Å²) in [5.41, 5.74) is 4.69. The molecule has 0 saturated heterocycles. The molecular formula is C22H20ClN3O. The molecule has 2 aromatic carbocycles. The van der Waals surface area contributed by atoms with Gasteiger partial charge in [0, 0.05) is 47.6 Å². The fourth-order valence-electron chi connectivity index (χ4n) is 3.41. The summed E-state index contributed by atoms with van der Waals surface area (Å²) < 4.78 is 0. The van der Waals surface area contributed by atoms with Crippen LogP contribution in [0.25, 0.3) is 11.3 Å². The predicted octanol–water partition coefficient (Wildman–Crippen LogP) is 4.56. The Bertz CT molecular complexity index is 971. The van der Waals surface area contributed by atoms with Crippen LogP contribution in [0.3, 0.4) is 0 Å². The molecule has 0 fully saturated rings. The first kappa shape index (κ1) is 17.7. The summed E-state index contributed by atoms with van der Waals surface area (Å²) in [4.78, 5) is 24.3. The van der Waals surface area contributed by atoms with Crippen LogP contribution in [0.15, 0.2) is 54.6 Å². The molecule has 5 heteroatoms. The summed E-state index contributed by atoms with van der Waals surface area (Å²) in [6, 6.07) is 17.1. The lowest BCUT2D eigenvalue weighted by atomic mass is 9.98. The zero-order valence-electron chi connectivity index (χ0n) is 15.2. The lowest BCUT2D eigenvalue weighted by Gasteiger charge is -2.30. The Morgan fingerprint density at radius 2 is 1.81 bits per heavy atom. The van der Waals surface area contributed by atoms with E-state index in [1.54, 1.807) is 0 Å². The predicted molar refractivity (Wildman–Crippen MR) is 107 cm³/mol. The van der Waals surface area contributed by atoms with E-state index in [4.69, 9.17) is 21.6 Å². The molecule has 4 nitrogen and oxygen atoms in total. The summed E-state index contributed by atoms with van der Waals surface area (Å²) >= 11 is 6.05. The molecule has 0 N–H and O–H groups in total. The van der Waals surface area contributed by atoms with Gasteiger partial charge in [-0.2, -0.15) is 0 Å². The largest absolute Gasteiger partial charge is 0.334 e. The van der Waals surface area contributed by atoms with E-state index in [1.165, 1.54) is 0 Å². The number of carbonyl (C=O) groups excluding carboxylic acids is 1. The van der Waals surface area contributed by atoms with Gasteiger partial charge in [-0.1, -0.05) is 48.9 Å². The molecule has 3 aromatic rings. The van der Waals surface area contributed by atoms with Crippen molar-refractivity contribution in [2.24, 2.45) is 0 Å². The third-order valence-electron chi connectivity index (χ3n) is 4.85. The van der Waals surface area contributed by atoms with Crippen LogP contribution in [0.5, 0.6) is 0 Å². The Morgan fingerprint density at radius 3 is 2.52 bits per heavy atom. The lowest BCUT2D eigenvalue weighted by molar-refractivity contribution is 0.0733. The van der Waals surface area contributed by atoms with E-state index >= 15 is 0 Å². The maximum Gasteiger partial charge on any atom is 0.254 e. The maximum atomic E-state index is 12.9. The normalized spacial score (nSPS) is 13.3. The van der Waals surface area contributed by atoms with E-state index in [9.17, 15) is 4.79 Å². The fraction of sp³-hybridized carbons (Fsp3) is 0.227. The third kappa shape index (κ3) is 3.58. The van der Waals surface area contributed by atoms with E-state index in [0.29, 0.717) is 23.7 Å². The van der Waals surface area contributed by atoms with Crippen molar-refractivity contribution in [3.05, 3.63) is 82.3 Å². The Kier molecular flexibility index (Phi) is 4.90. The van der Waals surface area contributed by atoms with Crippen molar-refractivity contribution >= 4 is 17.5 Å². The van der Waals surface area contributed by atoms with Crippen LogP contribution in [0.2, 0.25) is 5.02 Å². The second-order valence-electron chi connectivity index (χ2n) is 6.62. The van der Waals surface area contributed by atoms with Crippen molar-refractivity contribution in [3.8, 4) is 11.3 Å². The van der Waals surface area contributed by atoms with E-state index in [2.05, 4.69) is 6.92 Å². The summed E-state index contributed by atoms with van der Waals surface area (Å²) in [6.45, 7) is 3.24. The number of aromatic nitrogens is 2. The third-order valence-corrected chi connectivity index (χ3v) is 5.10. The van der Waals surface area contributed by atoms with Crippen LogP contribution >= 0.6 is 11.6 Å². The van der Waals surface area contributed by atoms with Crippen molar-refractivity contribution in [1.82, 2.24) is 14.9 Å². The van der Waals surface area contributed by atoms with Gasteiger partial charge in [-0.15, -0.1) is 0 Å². The average molecular weight is 378 g/mol. The number of aryl methyl sites for hydroxylation is 1. The van der Waals surface area contributed by atoms with Crippen molar-refractivity contribution in [2.45, 2.75) is 26.3 Å². The molecule has 1 aliphatic heterocycles. The minimum atomic E-state index is 0.0443. The van der Waals surface area contributed by atoms with Gasteiger partial charge in [0.2, 0.25) is 0 Å². The number of rotatable bonds is 3. The van der Waals surface area contributed by atoms with Gasteiger partial charge in [0.15, 0.2) is 0 Å². The van der Waals surface area contributed by atoms with Crippen LogP contribution in [-0.2, 0) is 19.4 Å². The SMILES string of the molecule is CCc1nc2c(c(-c3ccc(Cl)cc3)n1)CN(C(=O)c1ccccc1)CC2. The van der Waals surface area contributed by atoms with Crippen LogP contribution in [0.4, 0.5) is 0 Å². The quantitative estimate of drug-likeness (QED) is 0.672. The van der Waals surface area contributed by atoms with Crippen molar-refractivity contribution in [2.75, 3.05) is 6.54 Å². The molecule has 0 unspecified atom stereocenters. The summed E-state index contributed by atoms with van der Waals surface area (Å²) in [5.74, 6) is 0.879. The van der Waals surface area contributed by atoms with Crippen LogP contribution in [-0.4, -0.2) is 27.3 Å². The molecule has 27 heavy (non-hydrogen) atoms. The highest BCUT2D eigenvalue weighted by Crippen LogP contribution is 2.30. The first-order chi connectivity index (χ1) is 13.2. The number of fused-ring (bicyclic) bond motifs is 1. The monoisotopic (exact) mass is 377 g/mol. The van der Waals surface area contributed by atoms with Crippen molar-refractivity contribution in [1.29, 1.82) is 0 Å². The second-order valence-corrected chi connectivity index (χ2v) is 7.05. The minimum absolute atomic E-state index is 0.0443. The van der Waals surface area contributed by atoms with Gasteiger partial charge in [-0.25, -0.2) is 9.97 Å². The van der Waals surface area contributed by atoms with Crippen LogP contribution < -0.4 is 0 Å². The first-order valence-electron chi connectivity index (χ1n) is 9.14. The van der Waals surface area contributed by atoms with Gasteiger partial charge < -0.3 is 4.90 Å². The zero-order valence-corrected chi connectivity index (χ0v) is 15.9. The summed E-state index contributed by atoms with van der Waals surface area (Å²) in [6.07, 6.45) is 1.52. The van der Waals surface area contributed by atoms with Gasteiger partial charge in [0.1, 0.15) is 5.82 Å². The Morgan fingerprint density at radius 1 is 1.07 bits per heavy atom. The average Bonchev–Trinajstić information content (AvgIpc) is 2.73. The first-order valence-corrected chi connectivity index (χ1v) is 9.52. The molecule has 0 spiro atoms. The molecule has 0 bridgehead atoms. The van der Waals surface area contributed by atoms with E-state index in [1.807, 2.05) is 59.5 Å². The van der Waals surface area contributed by atoms with Gasteiger partial charge >= 0.3 is 0 Å². The molecule has 4 rings (SSSR count). The molecule has 1 aliphatic rings. The van der Waals surface area contributed by atoms with E-state index in [-0.39, 0.29) is 5.91 Å². The number of nitrogens with zero attached hydrogens (tertiary/aromatic N) is 3. The maximum absolute atomic E-state index is 12.9. The topological polar surface area (TPSA) is 46.1 Å². The molecule has 136 valence electrons.